The highest BCUT2D eigenvalue weighted by Crippen LogP contribution is 2.09. The Morgan fingerprint density at radius 1 is 1.68 bits per heavy atom. The Bertz CT molecular complexity index is 397. The van der Waals surface area contributed by atoms with Crippen LogP contribution in [0.15, 0.2) is 16.8 Å². The van der Waals surface area contributed by atoms with Gasteiger partial charge in [-0.3, -0.25) is 9.69 Å². The van der Waals surface area contributed by atoms with E-state index in [0.29, 0.717) is 26.2 Å². The molecule has 19 heavy (non-hydrogen) atoms. The molecule has 1 unspecified atom stereocenters. The zero-order valence-electron chi connectivity index (χ0n) is 11.1. The fraction of sp³-hybridized carbons (Fsp3) is 0.615. The van der Waals surface area contributed by atoms with Gasteiger partial charge >= 0.3 is 0 Å². The fourth-order valence-electron chi connectivity index (χ4n) is 2.09. The lowest BCUT2D eigenvalue weighted by Gasteiger charge is -2.32. The number of aliphatic hydroxyl groups is 1. The Labute approximate surface area is 117 Å². The molecule has 1 aromatic heterocycles. The van der Waals surface area contributed by atoms with Gasteiger partial charge in [-0.15, -0.1) is 0 Å². The fourth-order valence-corrected chi connectivity index (χ4v) is 2.75. The molecular weight excluding hydrogens is 264 g/mol. The summed E-state index contributed by atoms with van der Waals surface area (Å²) in [5, 5.41) is 13.1. The highest BCUT2D eigenvalue weighted by molar-refractivity contribution is 7.07. The van der Waals surface area contributed by atoms with Gasteiger partial charge in [-0.05, 0) is 22.4 Å². The summed E-state index contributed by atoms with van der Waals surface area (Å²) in [5.74, 6) is 0.102. The average Bonchev–Trinajstić information content (AvgIpc) is 2.91. The molecule has 0 aliphatic carbocycles. The average molecular weight is 284 g/mol. The van der Waals surface area contributed by atoms with Crippen LogP contribution in [0, 0.1) is 0 Å². The van der Waals surface area contributed by atoms with Crippen LogP contribution in [0.3, 0.4) is 0 Å². The number of carbonyl (C=O) groups is 1. The number of amides is 1. The van der Waals surface area contributed by atoms with E-state index in [0.717, 1.165) is 12.1 Å². The van der Waals surface area contributed by atoms with E-state index in [-0.39, 0.29) is 18.6 Å². The smallest absolute Gasteiger partial charge is 0.236 e. The van der Waals surface area contributed by atoms with Crippen LogP contribution in [0.4, 0.5) is 0 Å². The second-order valence-electron chi connectivity index (χ2n) is 4.79. The Morgan fingerprint density at radius 3 is 3.21 bits per heavy atom. The summed E-state index contributed by atoms with van der Waals surface area (Å²) in [6.07, 6.45) is -0.163. The van der Waals surface area contributed by atoms with Gasteiger partial charge in [0, 0.05) is 26.7 Å². The summed E-state index contributed by atoms with van der Waals surface area (Å²) in [5.41, 5.74) is 1.16. The van der Waals surface area contributed by atoms with Crippen LogP contribution in [0.25, 0.3) is 0 Å². The van der Waals surface area contributed by atoms with E-state index < -0.39 is 0 Å². The van der Waals surface area contributed by atoms with Crippen molar-refractivity contribution in [1.82, 2.24) is 9.80 Å². The molecule has 1 aromatic rings. The van der Waals surface area contributed by atoms with Crippen molar-refractivity contribution in [2.24, 2.45) is 0 Å². The van der Waals surface area contributed by atoms with Crippen molar-refractivity contribution < 1.29 is 14.6 Å². The third-order valence-electron chi connectivity index (χ3n) is 3.21. The summed E-state index contributed by atoms with van der Waals surface area (Å²) in [7, 11) is 1.82. The molecule has 0 spiro atoms. The summed E-state index contributed by atoms with van der Waals surface area (Å²) in [6.45, 7) is 2.99. The first-order chi connectivity index (χ1) is 9.19. The van der Waals surface area contributed by atoms with Crippen LogP contribution in [-0.2, 0) is 16.1 Å². The van der Waals surface area contributed by atoms with E-state index in [4.69, 9.17) is 9.84 Å². The van der Waals surface area contributed by atoms with Crippen molar-refractivity contribution in [2.45, 2.75) is 12.6 Å². The number of carbonyl (C=O) groups excluding carboxylic acids is 1. The van der Waals surface area contributed by atoms with Gasteiger partial charge < -0.3 is 14.7 Å². The molecule has 1 atom stereocenters. The highest BCUT2D eigenvalue weighted by atomic mass is 32.1. The second-order valence-corrected chi connectivity index (χ2v) is 5.57. The van der Waals surface area contributed by atoms with E-state index in [2.05, 4.69) is 5.38 Å². The number of hydrogen-bond acceptors (Lipinski definition) is 5. The molecule has 1 aliphatic rings. The topological polar surface area (TPSA) is 53.0 Å². The van der Waals surface area contributed by atoms with E-state index in [1.54, 1.807) is 16.2 Å². The molecular formula is C13H20N2O3S. The Balaban J connectivity index is 1.79. The van der Waals surface area contributed by atoms with Gasteiger partial charge in [-0.2, -0.15) is 11.3 Å². The van der Waals surface area contributed by atoms with Gasteiger partial charge in [-0.1, -0.05) is 0 Å². The molecule has 1 amide bonds. The first-order valence-corrected chi connectivity index (χ1v) is 7.33. The van der Waals surface area contributed by atoms with E-state index in [1.807, 2.05) is 23.4 Å². The molecule has 2 rings (SSSR count). The monoisotopic (exact) mass is 284 g/mol. The minimum absolute atomic E-state index is 0.00936. The number of morpholine rings is 1. The standard InChI is InChI=1S/C13H20N2O3S/c1-14(6-11-2-5-19-10-11)13(17)8-15-3-4-18-12(7-15)9-16/h2,5,10,12,16H,3-4,6-9H2,1H3. The predicted molar refractivity (Wildman–Crippen MR) is 74.1 cm³/mol. The maximum atomic E-state index is 12.1. The molecule has 1 saturated heterocycles. The zero-order chi connectivity index (χ0) is 13.7. The van der Waals surface area contributed by atoms with Crippen molar-refractivity contribution in [3.8, 4) is 0 Å². The summed E-state index contributed by atoms with van der Waals surface area (Å²) in [6, 6.07) is 2.03. The number of likely N-dealkylation sites (N-methyl/N-ethyl adjacent to an activating group) is 1. The summed E-state index contributed by atoms with van der Waals surface area (Å²) < 4.78 is 5.37. The van der Waals surface area contributed by atoms with Crippen LogP contribution in [-0.4, -0.2) is 66.8 Å². The van der Waals surface area contributed by atoms with Gasteiger partial charge in [0.25, 0.3) is 0 Å². The van der Waals surface area contributed by atoms with Crippen molar-refractivity contribution in [1.29, 1.82) is 0 Å². The molecule has 0 saturated carbocycles. The molecule has 0 radical (unpaired) electrons. The SMILES string of the molecule is CN(Cc1ccsc1)C(=O)CN1CCOC(CO)C1. The molecule has 0 aromatic carbocycles. The lowest BCUT2D eigenvalue weighted by molar-refractivity contribution is -0.134. The second kappa shape index (κ2) is 7.00. The van der Waals surface area contributed by atoms with Gasteiger partial charge in [0.1, 0.15) is 0 Å². The quantitative estimate of drug-likeness (QED) is 0.850. The maximum Gasteiger partial charge on any atom is 0.236 e. The molecule has 2 heterocycles. The van der Waals surface area contributed by atoms with E-state index in [1.165, 1.54) is 0 Å². The minimum Gasteiger partial charge on any atom is -0.394 e. The predicted octanol–water partition coefficient (Wildman–Crippen LogP) is 0.400. The molecule has 0 bridgehead atoms. The van der Waals surface area contributed by atoms with Gasteiger partial charge in [0.05, 0.1) is 25.9 Å². The summed E-state index contributed by atoms with van der Waals surface area (Å²) >= 11 is 1.64. The van der Waals surface area contributed by atoms with Crippen molar-refractivity contribution in [2.75, 3.05) is 39.9 Å². The normalized spacial score (nSPS) is 20.4. The zero-order valence-corrected chi connectivity index (χ0v) is 11.9. The molecule has 106 valence electrons. The maximum absolute atomic E-state index is 12.1. The van der Waals surface area contributed by atoms with Crippen molar-refractivity contribution in [3.05, 3.63) is 22.4 Å². The van der Waals surface area contributed by atoms with Gasteiger partial charge in [0.2, 0.25) is 5.91 Å². The Kier molecular flexibility index (Phi) is 5.33. The van der Waals surface area contributed by atoms with Crippen LogP contribution in [0.2, 0.25) is 0 Å². The van der Waals surface area contributed by atoms with Gasteiger partial charge in [0.15, 0.2) is 0 Å². The molecule has 1 N–H and O–H groups in total. The molecule has 1 fully saturated rings. The van der Waals surface area contributed by atoms with E-state index in [9.17, 15) is 4.79 Å². The molecule has 5 nitrogen and oxygen atoms in total. The number of aliphatic hydroxyl groups excluding tert-OH is 1. The van der Waals surface area contributed by atoms with Crippen LogP contribution < -0.4 is 0 Å². The number of rotatable bonds is 5. The Hall–Kier alpha value is -0.950. The minimum atomic E-state index is -0.163. The highest BCUT2D eigenvalue weighted by Gasteiger charge is 2.22. The van der Waals surface area contributed by atoms with Crippen molar-refractivity contribution in [3.63, 3.8) is 0 Å². The third kappa shape index (κ3) is 4.28. The first kappa shape index (κ1) is 14.5. The lowest BCUT2D eigenvalue weighted by atomic mass is 10.2. The van der Waals surface area contributed by atoms with E-state index >= 15 is 0 Å². The first-order valence-electron chi connectivity index (χ1n) is 6.39. The molecule has 6 heteroatoms. The third-order valence-corrected chi connectivity index (χ3v) is 3.94. The number of ether oxygens (including phenoxy) is 1. The largest absolute Gasteiger partial charge is 0.394 e. The van der Waals surface area contributed by atoms with Gasteiger partial charge in [-0.25, -0.2) is 0 Å². The number of thiophene rings is 1. The van der Waals surface area contributed by atoms with Crippen LogP contribution in [0.5, 0.6) is 0 Å². The molecule has 1 aliphatic heterocycles. The Morgan fingerprint density at radius 2 is 2.53 bits per heavy atom. The summed E-state index contributed by atoms with van der Waals surface area (Å²) in [4.78, 5) is 15.9. The number of hydrogen-bond donors (Lipinski definition) is 1. The lowest BCUT2D eigenvalue weighted by Crippen LogP contribution is -2.48. The number of nitrogens with zero attached hydrogens (tertiary/aromatic N) is 2. The van der Waals surface area contributed by atoms with Crippen LogP contribution in [0.1, 0.15) is 5.56 Å². The van der Waals surface area contributed by atoms with Crippen LogP contribution >= 0.6 is 11.3 Å². The van der Waals surface area contributed by atoms with Crippen molar-refractivity contribution >= 4 is 17.2 Å².